The zero-order valence-electron chi connectivity index (χ0n) is 27.5. The predicted molar refractivity (Wildman–Crippen MR) is 190 cm³/mol. The maximum atomic E-state index is 3.53. The van der Waals surface area contributed by atoms with Gasteiger partial charge in [-0.1, -0.05) is 109 Å². The summed E-state index contributed by atoms with van der Waals surface area (Å²) in [5.41, 5.74) is 10.1. The first-order valence-corrected chi connectivity index (χ1v) is 19.3. The number of benzene rings is 3. The van der Waals surface area contributed by atoms with Crippen molar-refractivity contribution in [3.8, 4) is 11.1 Å². The summed E-state index contributed by atoms with van der Waals surface area (Å²) >= 11 is 1.51. The van der Waals surface area contributed by atoms with Gasteiger partial charge in [-0.15, -0.1) is 30.4 Å². The van der Waals surface area contributed by atoms with Gasteiger partial charge < -0.3 is 0 Å². The zero-order valence-corrected chi connectivity index (χ0v) is 32.6. The molecule has 0 saturated heterocycles. The second-order valence-corrected chi connectivity index (χ2v) is 21.2. The molecule has 0 nitrogen and oxygen atoms in total. The molecule has 0 fully saturated rings. The Morgan fingerprint density at radius 1 is 0.833 bits per heavy atom. The SMILES string of the molecule is CC(C)(C)c1c[c-]c2c(c1)-c1cc(C(C)(C)C)ccc1C2.CC1[C-]=CC([Si](C)(C)C)=C1.C[C](=[Zr+2])c1ccccc1.Cl.Cl. The van der Waals surface area contributed by atoms with Gasteiger partial charge in [0.25, 0.3) is 0 Å². The van der Waals surface area contributed by atoms with E-state index in [0.29, 0.717) is 5.92 Å². The Morgan fingerprint density at radius 3 is 1.83 bits per heavy atom. The topological polar surface area (TPSA) is 0 Å². The summed E-state index contributed by atoms with van der Waals surface area (Å²) in [6, 6.07) is 25.5. The van der Waals surface area contributed by atoms with Crippen LogP contribution in [0.5, 0.6) is 0 Å². The summed E-state index contributed by atoms with van der Waals surface area (Å²) < 4.78 is 1.46. The minimum Gasteiger partial charge on any atom is -0.147 e. The largest absolute Gasteiger partial charge is 0.147 e. The quantitative estimate of drug-likeness (QED) is 0.145. The second kappa shape index (κ2) is 15.6. The van der Waals surface area contributed by atoms with Crippen molar-refractivity contribution in [3.63, 3.8) is 0 Å². The Bertz CT molecular complexity index is 1340. The Labute approximate surface area is 285 Å². The Balaban J connectivity index is 0.000000353. The van der Waals surface area contributed by atoms with Gasteiger partial charge in [-0.05, 0) is 25.5 Å². The van der Waals surface area contributed by atoms with Gasteiger partial charge in [0, 0.05) is 0 Å². The van der Waals surface area contributed by atoms with Crippen LogP contribution in [-0.2, 0) is 41.5 Å². The van der Waals surface area contributed by atoms with Gasteiger partial charge >= 0.3 is 70.3 Å². The fourth-order valence-electron chi connectivity index (χ4n) is 4.73. The minimum atomic E-state index is -1.02. The fraction of sp³-hybridized carbons (Fsp3) is 0.395. The van der Waals surface area contributed by atoms with Crippen molar-refractivity contribution >= 4 is 36.1 Å². The van der Waals surface area contributed by atoms with Crippen LogP contribution in [0, 0.1) is 18.1 Å². The third kappa shape index (κ3) is 10.7. The third-order valence-corrected chi connectivity index (χ3v) is 10.3. The number of allylic oxidation sites excluding steroid dienone is 4. The van der Waals surface area contributed by atoms with E-state index in [1.165, 1.54) is 66.4 Å². The van der Waals surface area contributed by atoms with E-state index in [1.54, 1.807) is 5.20 Å². The number of rotatable bonds is 2. The van der Waals surface area contributed by atoms with Crippen LogP contribution in [0.15, 0.2) is 78.0 Å². The van der Waals surface area contributed by atoms with Crippen molar-refractivity contribution in [2.24, 2.45) is 5.92 Å². The van der Waals surface area contributed by atoms with Crippen LogP contribution in [0.2, 0.25) is 19.6 Å². The van der Waals surface area contributed by atoms with Crippen LogP contribution in [-0.4, -0.2) is 11.3 Å². The van der Waals surface area contributed by atoms with Crippen LogP contribution in [0.1, 0.15) is 83.2 Å². The van der Waals surface area contributed by atoms with Gasteiger partial charge in [0.2, 0.25) is 0 Å². The molecular weight excluding hydrogens is 647 g/mol. The standard InChI is InChI=1S/C21H25.C9H15Si.C8H8.2ClH.Zr/c1-20(2,3)16-9-7-14-11-15-8-10-17(21(4,5)6)13-19(15)18(14)12-16;1-8-5-6-9(7-8)10(2,3)4;1-2-8-6-4-3-5-7-8;;;/h7,9-10,12-13H,11H2,1-6H3;6-8H,1-4H3;3-7H,1H3;2*1H;/q2*-1;;;;+2. The minimum absolute atomic E-state index is 0. The molecule has 0 radical (unpaired) electrons. The van der Waals surface area contributed by atoms with E-state index in [9.17, 15) is 0 Å². The van der Waals surface area contributed by atoms with Crippen LogP contribution in [0.3, 0.4) is 0 Å². The summed E-state index contributed by atoms with van der Waals surface area (Å²) in [6.07, 6.45) is 8.84. The Kier molecular flexibility index (Phi) is 14.4. The second-order valence-electron chi connectivity index (χ2n) is 14.3. The Hall–Kier alpha value is -1.31. The molecule has 1 unspecified atom stereocenters. The average Bonchev–Trinajstić information content (AvgIpc) is 3.47. The molecule has 2 aliphatic rings. The van der Waals surface area contributed by atoms with Gasteiger partial charge in [-0.3, -0.25) is 6.08 Å². The fourth-order valence-corrected chi connectivity index (χ4v) is 6.40. The van der Waals surface area contributed by atoms with Gasteiger partial charge in [-0.2, -0.15) is 35.4 Å². The van der Waals surface area contributed by atoms with E-state index in [4.69, 9.17) is 0 Å². The van der Waals surface area contributed by atoms with Crippen molar-refractivity contribution in [1.29, 1.82) is 0 Å². The van der Waals surface area contributed by atoms with E-state index in [0.717, 1.165) is 6.42 Å². The monoisotopic (exact) mass is 694 g/mol. The summed E-state index contributed by atoms with van der Waals surface area (Å²) in [5.74, 6) is 0.557. The van der Waals surface area contributed by atoms with Crippen LogP contribution >= 0.6 is 24.8 Å². The average molecular weight is 697 g/mol. The molecular formula is C38H50Cl2SiZr. The van der Waals surface area contributed by atoms with E-state index in [-0.39, 0.29) is 35.6 Å². The number of fused-ring (bicyclic) bond motifs is 3. The third-order valence-electron chi connectivity index (χ3n) is 7.53. The molecule has 0 aromatic heterocycles. The summed E-state index contributed by atoms with van der Waals surface area (Å²) in [7, 11) is -1.02. The van der Waals surface area contributed by atoms with Crippen molar-refractivity contribution in [3.05, 3.63) is 118 Å². The van der Waals surface area contributed by atoms with E-state index >= 15 is 0 Å². The van der Waals surface area contributed by atoms with Gasteiger partial charge in [0.1, 0.15) is 0 Å². The molecule has 0 aliphatic heterocycles. The van der Waals surface area contributed by atoms with Gasteiger partial charge in [-0.25, -0.2) is 11.3 Å². The van der Waals surface area contributed by atoms with E-state index in [2.05, 4.69) is 154 Å². The molecule has 3 aromatic rings. The molecule has 5 rings (SSSR count). The summed E-state index contributed by atoms with van der Waals surface area (Å²) in [6.45, 7) is 25.1. The number of hydrogen-bond donors (Lipinski definition) is 0. The molecule has 0 heterocycles. The molecule has 224 valence electrons. The van der Waals surface area contributed by atoms with Crippen molar-refractivity contribution < 1.29 is 24.2 Å². The molecule has 0 N–H and O–H groups in total. The van der Waals surface area contributed by atoms with E-state index in [1.807, 2.05) is 6.07 Å². The first-order valence-electron chi connectivity index (χ1n) is 14.6. The zero-order chi connectivity index (χ0) is 29.9. The van der Waals surface area contributed by atoms with Gasteiger partial charge in [0.05, 0.1) is 0 Å². The van der Waals surface area contributed by atoms with E-state index < -0.39 is 8.07 Å². The summed E-state index contributed by atoms with van der Waals surface area (Å²) in [5, 5.41) is 1.56. The molecule has 42 heavy (non-hydrogen) atoms. The molecule has 4 heteroatoms. The summed E-state index contributed by atoms with van der Waals surface area (Å²) in [4.78, 5) is 0. The Morgan fingerprint density at radius 2 is 1.40 bits per heavy atom. The van der Waals surface area contributed by atoms with Crippen LogP contribution < -0.4 is 0 Å². The number of halogens is 2. The number of hydrogen-bond acceptors (Lipinski definition) is 0. The van der Waals surface area contributed by atoms with Crippen molar-refractivity contribution in [1.82, 2.24) is 0 Å². The molecule has 0 spiro atoms. The smallest absolute Gasteiger partial charge is 0.147 e. The van der Waals surface area contributed by atoms with Crippen molar-refractivity contribution in [2.75, 3.05) is 0 Å². The predicted octanol–water partition coefficient (Wildman–Crippen LogP) is 11.1. The van der Waals surface area contributed by atoms with Gasteiger partial charge in [0.15, 0.2) is 0 Å². The molecule has 0 amide bonds. The maximum absolute atomic E-state index is 3.53. The van der Waals surface area contributed by atoms with Crippen LogP contribution in [0.4, 0.5) is 0 Å². The first kappa shape index (κ1) is 38.7. The normalized spacial score (nSPS) is 15.0. The molecule has 1 atom stereocenters. The first-order chi connectivity index (χ1) is 18.5. The molecule has 2 aliphatic carbocycles. The molecule has 0 saturated carbocycles. The van der Waals surface area contributed by atoms with Crippen molar-refractivity contribution in [2.45, 2.75) is 92.3 Å². The maximum Gasteiger partial charge on any atom is -0.147 e. The molecule has 3 aromatic carbocycles. The molecule has 0 bridgehead atoms. The van der Waals surface area contributed by atoms with Crippen LogP contribution in [0.25, 0.3) is 11.1 Å².